The van der Waals surface area contributed by atoms with Crippen LogP contribution < -0.4 is 5.32 Å². The quantitative estimate of drug-likeness (QED) is 0.707. The van der Waals surface area contributed by atoms with Gasteiger partial charge in [-0.2, -0.15) is 0 Å². The highest BCUT2D eigenvalue weighted by atomic mass is 19.3. The van der Waals surface area contributed by atoms with Crippen molar-refractivity contribution in [3.8, 4) is 0 Å². The fraction of sp³-hybridized carbons (Fsp3) is 0.833. The predicted octanol–water partition coefficient (Wildman–Crippen LogP) is 1.80. The standard InChI is InChI=1S/C12H19F2NO/c1-7(15-6-11(16)12(13)14)10-5-8-2-3-9(10)4-8/h2-3,7-12,15-16H,4-6H2,1H3. The zero-order chi connectivity index (χ0) is 11.7. The van der Waals surface area contributed by atoms with E-state index in [9.17, 15) is 8.78 Å². The number of allylic oxidation sites excluding steroid dienone is 2. The Morgan fingerprint density at radius 2 is 2.12 bits per heavy atom. The third-order valence-electron chi connectivity index (χ3n) is 3.91. The van der Waals surface area contributed by atoms with Crippen molar-refractivity contribution < 1.29 is 13.9 Å². The molecule has 92 valence electrons. The average Bonchev–Trinajstić information content (AvgIpc) is 2.86. The Morgan fingerprint density at radius 3 is 2.62 bits per heavy atom. The van der Waals surface area contributed by atoms with E-state index >= 15 is 0 Å². The Kier molecular flexibility index (Phi) is 3.60. The number of halogens is 2. The van der Waals surface area contributed by atoms with Crippen molar-refractivity contribution in [2.75, 3.05) is 6.54 Å². The molecule has 0 amide bonds. The van der Waals surface area contributed by atoms with Crippen LogP contribution >= 0.6 is 0 Å². The monoisotopic (exact) mass is 231 g/mol. The highest BCUT2D eigenvalue weighted by Gasteiger charge is 2.38. The number of hydrogen-bond donors (Lipinski definition) is 2. The van der Waals surface area contributed by atoms with Crippen molar-refractivity contribution in [1.29, 1.82) is 0 Å². The minimum absolute atomic E-state index is 0.0174. The summed E-state index contributed by atoms with van der Waals surface area (Å²) in [4.78, 5) is 0. The maximum absolute atomic E-state index is 12.1. The van der Waals surface area contributed by atoms with E-state index in [0.29, 0.717) is 17.8 Å². The van der Waals surface area contributed by atoms with Gasteiger partial charge in [-0.05, 0) is 37.5 Å². The first-order valence-electron chi connectivity index (χ1n) is 5.96. The first-order chi connectivity index (χ1) is 7.58. The molecule has 0 aromatic carbocycles. The van der Waals surface area contributed by atoms with Crippen molar-refractivity contribution >= 4 is 0 Å². The van der Waals surface area contributed by atoms with Gasteiger partial charge in [0.05, 0.1) is 0 Å². The molecular weight excluding hydrogens is 212 g/mol. The van der Waals surface area contributed by atoms with Gasteiger partial charge in [-0.15, -0.1) is 0 Å². The van der Waals surface area contributed by atoms with Crippen LogP contribution in [0.1, 0.15) is 19.8 Å². The third-order valence-corrected chi connectivity index (χ3v) is 3.91. The molecule has 16 heavy (non-hydrogen) atoms. The molecule has 2 rings (SSSR count). The van der Waals surface area contributed by atoms with Crippen molar-refractivity contribution in [2.45, 2.75) is 38.3 Å². The molecule has 0 spiro atoms. The highest BCUT2D eigenvalue weighted by molar-refractivity contribution is 5.11. The topological polar surface area (TPSA) is 32.3 Å². The first-order valence-corrected chi connectivity index (χ1v) is 5.96. The van der Waals surface area contributed by atoms with Gasteiger partial charge in [-0.25, -0.2) is 8.78 Å². The normalized spacial score (nSPS) is 35.9. The fourth-order valence-electron chi connectivity index (χ4n) is 2.95. The highest BCUT2D eigenvalue weighted by Crippen LogP contribution is 2.44. The molecule has 2 aliphatic carbocycles. The van der Waals surface area contributed by atoms with Crippen LogP contribution in [-0.2, 0) is 0 Å². The number of hydrogen-bond acceptors (Lipinski definition) is 2. The second-order valence-corrected chi connectivity index (χ2v) is 5.04. The first kappa shape index (κ1) is 12.0. The van der Waals surface area contributed by atoms with Crippen LogP contribution in [0.25, 0.3) is 0 Å². The smallest absolute Gasteiger partial charge is 0.265 e. The Bertz CT molecular complexity index is 270. The van der Waals surface area contributed by atoms with E-state index in [1.807, 2.05) is 6.92 Å². The van der Waals surface area contributed by atoms with Gasteiger partial charge in [-0.1, -0.05) is 12.2 Å². The van der Waals surface area contributed by atoms with E-state index in [2.05, 4.69) is 17.5 Å². The summed E-state index contributed by atoms with van der Waals surface area (Å²) in [5.41, 5.74) is 0. The molecule has 2 N–H and O–H groups in total. The molecule has 1 fully saturated rings. The minimum atomic E-state index is -2.65. The summed E-state index contributed by atoms with van der Waals surface area (Å²) >= 11 is 0. The second-order valence-electron chi connectivity index (χ2n) is 5.04. The molecular formula is C12H19F2NO. The maximum Gasteiger partial charge on any atom is 0.265 e. The van der Waals surface area contributed by atoms with Crippen LogP contribution in [0.3, 0.4) is 0 Å². The van der Waals surface area contributed by atoms with Crippen molar-refractivity contribution in [1.82, 2.24) is 5.32 Å². The number of nitrogens with one attached hydrogen (secondary N) is 1. The van der Waals surface area contributed by atoms with E-state index < -0.39 is 12.5 Å². The molecule has 2 aliphatic rings. The molecule has 1 saturated carbocycles. The summed E-state index contributed by atoms with van der Waals surface area (Å²) in [6, 6.07) is 0.202. The van der Waals surface area contributed by atoms with Gasteiger partial charge in [0.2, 0.25) is 0 Å². The third kappa shape index (κ3) is 2.43. The molecule has 0 saturated heterocycles. The summed E-state index contributed by atoms with van der Waals surface area (Å²) in [6.07, 6.45) is 2.69. The van der Waals surface area contributed by atoms with Gasteiger partial charge in [0.15, 0.2) is 0 Å². The lowest BCUT2D eigenvalue weighted by Crippen LogP contribution is -2.41. The Hall–Kier alpha value is -0.480. The molecule has 0 aromatic rings. The molecule has 5 atom stereocenters. The van der Waals surface area contributed by atoms with Gasteiger partial charge in [0.1, 0.15) is 6.10 Å². The molecule has 0 aromatic heterocycles. The maximum atomic E-state index is 12.1. The SMILES string of the molecule is CC(NCC(O)C(F)F)C1CC2C=CC1C2. The molecule has 4 heteroatoms. The zero-order valence-electron chi connectivity index (χ0n) is 9.44. The molecule has 2 bridgehead atoms. The van der Waals surface area contributed by atoms with Gasteiger partial charge in [-0.3, -0.25) is 0 Å². The molecule has 0 aliphatic heterocycles. The van der Waals surface area contributed by atoms with Gasteiger partial charge >= 0.3 is 0 Å². The van der Waals surface area contributed by atoms with E-state index in [1.165, 1.54) is 6.42 Å². The summed E-state index contributed by atoms with van der Waals surface area (Å²) in [6.45, 7) is 2.01. The summed E-state index contributed by atoms with van der Waals surface area (Å²) in [5.74, 6) is 1.84. The van der Waals surface area contributed by atoms with Crippen LogP contribution in [0.5, 0.6) is 0 Å². The van der Waals surface area contributed by atoms with E-state index in [1.54, 1.807) is 0 Å². The number of rotatable bonds is 5. The number of aliphatic hydroxyl groups excluding tert-OH is 1. The van der Waals surface area contributed by atoms with E-state index in [-0.39, 0.29) is 12.6 Å². The molecule has 5 unspecified atom stereocenters. The lowest BCUT2D eigenvalue weighted by Gasteiger charge is -2.27. The van der Waals surface area contributed by atoms with Crippen molar-refractivity contribution in [3.63, 3.8) is 0 Å². The number of fused-ring (bicyclic) bond motifs is 2. The Labute approximate surface area is 94.7 Å². The van der Waals surface area contributed by atoms with Crippen molar-refractivity contribution in [2.24, 2.45) is 17.8 Å². The number of aliphatic hydroxyl groups is 1. The van der Waals surface area contributed by atoms with Crippen LogP contribution in [0.4, 0.5) is 8.78 Å². The largest absolute Gasteiger partial charge is 0.386 e. The Balaban J connectivity index is 1.76. The van der Waals surface area contributed by atoms with Crippen LogP contribution in [0.15, 0.2) is 12.2 Å². The van der Waals surface area contributed by atoms with Crippen LogP contribution in [0, 0.1) is 17.8 Å². The minimum Gasteiger partial charge on any atom is -0.386 e. The molecule has 2 nitrogen and oxygen atoms in total. The average molecular weight is 231 g/mol. The fourth-order valence-corrected chi connectivity index (χ4v) is 2.95. The van der Waals surface area contributed by atoms with E-state index in [0.717, 1.165) is 6.42 Å². The zero-order valence-corrected chi connectivity index (χ0v) is 9.44. The Morgan fingerprint density at radius 1 is 1.38 bits per heavy atom. The van der Waals surface area contributed by atoms with Crippen LogP contribution in [0.2, 0.25) is 0 Å². The van der Waals surface area contributed by atoms with Crippen LogP contribution in [-0.4, -0.2) is 30.2 Å². The van der Waals surface area contributed by atoms with Gasteiger partial charge in [0.25, 0.3) is 6.43 Å². The summed E-state index contributed by atoms with van der Waals surface area (Å²) in [5, 5.41) is 12.1. The number of alkyl halides is 2. The lowest BCUT2D eigenvalue weighted by molar-refractivity contribution is -0.00546. The summed E-state index contributed by atoms with van der Waals surface area (Å²) < 4.78 is 24.2. The summed E-state index contributed by atoms with van der Waals surface area (Å²) in [7, 11) is 0. The van der Waals surface area contributed by atoms with Gasteiger partial charge in [0, 0.05) is 12.6 Å². The second kappa shape index (κ2) is 4.80. The molecule has 0 heterocycles. The predicted molar refractivity (Wildman–Crippen MR) is 58.3 cm³/mol. The van der Waals surface area contributed by atoms with Crippen molar-refractivity contribution in [3.05, 3.63) is 12.2 Å². The van der Waals surface area contributed by atoms with E-state index in [4.69, 9.17) is 5.11 Å². The lowest BCUT2D eigenvalue weighted by atomic mass is 9.87. The molecule has 0 radical (unpaired) electrons. The van der Waals surface area contributed by atoms with Gasteiger partial charge < -0.3 is 10.4 Å².